The molecular formula is C15H23N3O3. The quantitative estimate of drug-likeness (QED) is 0.314. The van der Waals surface area contributed by atoms with Gasteiger partial charge in [-0.1, -0.05) is 20.3 Å². The fourth-order valence-electron chi connectivity index (χ4n) is 2.41. The molecule has 0 heterocycles. The van der Waals surface area contributed by atoms with E-state index in [9.17, 15) is 14.4 Å². The molecule has 6 heteroatoms. The Balaban J connectivity index is 4.61. The Morgan fingerprint density at radius 1 is 0.952 bits per heavy atom. The summed E-state index contributed by atoms with van der Waals surface area (Å²) in [5.74, 6) is 0.894. The van der Waals surface area contributed by atoms with Crippen molar-refractivity contribution in [2.24, 2.45) is 32.7 Å². The third kappa shape index (κ3) is 9.64. The van der Waals surface area contributed by atoms with Crippen LogP contribution < -0.4 is 0 Å². The van der Waals surface area contributed by atoms with Gasteiger partial charge in [-0.05, 0) is 37.0 Å². The predicted octanol–water partition coefficient (Wildman–Crippen LogP) is 2.44. The van der Waals surface area contributed by atoms with Crippen molar-refractivity contribution >= 4 is 18.2 Å². The zero-order valence-electron chi connectivity index (χ0n) is 12.7. The molecule has 0 aromatic heterocycles. The molecule has 0 aromatic rings. The molecule has 0 bridgehead atoms. The van der Waals surface area contributed by atoms with Crippen LogP contribution in [0.15, 0.2) is 15.0 Å². The lowest BCUT2D eigenvalue weighted by molar-refractivity contribution is 0.266. The molecular weight excluding hydrogens is 270 g/mol. The molecule has 116 valence electrons. The zero-order chi connectivity index (χ0) is 15.9. The second-order valence-corrected chi connectivity index (χ2v) is 5.23. The number of aliphatic imine (C=N–C) groups is 3. The molecule has 0 radical (unpaired) electrons. The summed E-state index contributed by atoms with van der Waals surface area (Å²) in [5.41, 5.74) is 0. The number of hydrogen-bond donors (Lipinski definition) is 0. The average molecular weight is 293 g/mol. The molecule has 0 N–H and O–H groups in total. The Labute approximate surface area is 125 Å². The van der Waals surface area contributed by atoms with E-state index in [0.29, 0.717) is 31.5 Å². The minimum Gasteiger partial charge on any atom is -0.211 e. The van der Waals surface area contributed by atoms with Gasteiger partial charge in [0.1, 0.15) is 0 Å². The second-order valence-electron chi connectivity index (χ2n) is 5.23. The highest BCUT2D eigenvalue weighted by Crippen LogP contribution is 2.27. The Bertz CT molecular complexity index is 420. The van der Waals surface area contributed by atoms with Crippen LogP contribution in [0.1, 0.15) is 39.5 Å². The Hall–Kier alpha value is -1.86. The average Bonchev–Trinajstić information content (AvgIpc) is 2.51. The second kappa shape index (κ2) is 13.1. The molecule has 0 aliphatic carbocycles. The van der Waals surface area contributed by atoms with Crippen LogP contribution in [-0.2, 0) is 14.4 Å². The third-order valence-electron chi connectivity index (χ3n) is 3.79. The number of carbonyl (C=O) groups excluding carboxylic acids is 3. The maximum absolute atomic E-state index is 10.2. The van der Waals surface area contributed by atoms with Crippen molar-refractivity contribution in [2.45, 2.75) is 39.5 Å². The van der Waals surface area contributed by atoms with Crippen LogP contribution in [0.3, 0.4) is 0 Å². The van der Waals surface area contributed by atoms with Gasteiger partial charge < -0.3 is 0 Å². The third-order valence-corrected chi connectivity index (χ3v) is 3.79. The van der Waals surface area contributed by atoms with Gasteiger partial charge in [0, 0.05) is 0 Å². The molecule has 0 saturated heterocycles. The maximum atomic E-state index is 10.2. The van der Waals surface area contributed by atoms with E-state index >= 15 is 0 Å². The SMILES string of the molecule is CCC(CN=C=O)CC(CCCN=C=O)C(C)CN=C=O. The van der Waals surface area contributed by atoms with Crippen LogP contribution in [0.4, 0.5) is 0 Å². The lowest BCUT2D eigenvalue weighted by Crippen LogP contribution is -2.20. The molecule has 21 heavy (non-hydrogen) atoms. The van der Waals surface area contributed by atoms with E-state index in [4.69, 9.17) is 0 Å². The lowest BCUT2D eigenvalue weighted by Gasteiger charge is -2.25. The van der Waals surface area contributed by atoms with Crippen molar-refractivity contribution in [1.29, 1.82) is 0 Å². The van der Waals surface area contributed by atoms with Gasteiger partial charge in [-0.2, -0.15) is 0 Å². The fraction of sp³-hybridized carbons (Fsp3) is 0.800. The summed E-state index contributed by atoms with van der Waals surface area (Å²) in [6, 6.07) is 0. The lowest BCUT2D eigenvalue weighted by atomic mass is 9.81. The van der Waals surface area contributed by atoms with Gasteiger partial charge in [-0.15, -0.1) is 0 Å². The largest absolute Gasteiger partial charge is 0.234 e. The zero-order valence-corrected chi connectivity index (χ0v) is 12.7. The Morgan fingerprint density at radius 3 is 2.14 bits per heavy atom. The first kappa shape index (κ1) is 19.1. The van der Waals surface area contributed by atoms with Gasteiger partial charge in [-0.3, -0.25) is 0 Å². The summed E-state index contributed by atoms with van der Waals surface area (Å²) in [6.07, 6.45) is 8.19. The molecule has 0 aromatic carbocycles. The van der Waals surface area contributed by atoms with Gasteiger partial charge >= 0.3 is 0 Å². The van der Waals surface area contributed by atoms with Crippen LogP contribution in [0.25, 0.3) is 0 Å². The molecule has 0 spiro atoms. The van der Waals surface area contributed by atoms with E-state index in [1.54, 1.807) is 12.2 Å². The highest BCUT2D eigenvalue weighted by molar-refractivity contribution is 5.33. The van der Waals surface area contributed by atoms with E-state index in [0.717, 1.165) is 25.7 Å². The van der Waals surface area contributed by atoms with E-state index in [2.05, 4.69) is 21.9 Å². The molecule has 0 amide bonds. The molecule has 0 rings (SSSR count). The number of isocyanates is 3. The highest BCUT2D eigenvalue weighted by Gasteiger charge is 2.21. The summed E-state index contributed by atoms with van der Waals surface area (Å²) >= 11 is 0. The summed E-state index contributed by atoms with van der Waals surface area (Å²) in [5, 5.41) is 0. The summed E-state index contributed by atoms with van der Waals surface area (Å²) in [7, 11) is 0. The summed E-state index contributed by atoms with van der Waals surface area (Å²) in [6.45, 7) is 5.50. The molecule has 0 aliphatic rings. The summed E-state index contributed by atoms with van der Waals surface area (Å²) in [4.78, 5) is 41.4. The minimum atomic E-state index is 0.237. The van der Waals surface area contributed by atoms with Gasteiger partial charge in [0.05, 0.1) is 19.6 Å². The Morgan fingerprint density at radius 2 is 1.57 bits per heavy atom. The van der Waals surface area contributed by atoms with Crippen LogP contribution >= 0.6 is 0 Å². The number of hydrogen-bond acceptors (Lipinski definition) is 6. The first-order valence-electron chi connectivity index (χ1n) is 7.30. The molecule has 0 aliphatic heterocycles. The number of rotatable bonds is 12. The van der Waals surface area contributed by atoms with Crippen molar-refractivity contribution in [3.63, 3.8) is 0 Å². The van der Waals surface area contributed by atoms with Crippen LogP contribution in [0.2, 0.25) is 0 Å². The normalized spacial score (nSPS) is 14.0. The monoisotopic (exact) mass is 293 g/mol. The number of nitrogens with zero attached hydrogens (tertiary/aromatic N) is 3. The standard InChI is InChI=1S/C15H23N3O3/c1-3-14(9-18-12-21)7-15(5-4-6-16-10-19)13(2)8-17-11-20/h13-15H,3-9H2,1-2H3. The molecule has 0 fully saturated rings. The molecule has 3 atom stereocenters. The molecule has 6 nitrogen and oxygen atoms in total. The topological polar surface area (TPSA) is 88.3 Å². The van der Waals surface area contributed by atoms with E-state index in [1.807, 2.05) is 6.92 Å². The first-order chi connectivity index (χ1) is 10.2. The van der Waals surface area contributed by atoms with Crippen LogP contribution in [0.5, 0.6) is 0 Å². The predicted molar refractivity (Wildman–Crippen MR) is 79.3 cm³/mol. The van der Waals surface area contributed by atoms with Gasteiger partial charge in [0.15, 0.2) is 0 Å². The van der Waals surface area contributed by atoms with E-state index in [1.165, 1.54) is 6.08 Å². The fourth-order valence-corrected chi connectivity index (χ4v) is 2.41. The molecule has 3 unspecified atom stereocenters. The van der Waals surface area contributed by atoms with Crippen molar-refractivity contribution < 1.29 is 14.4 Å². The van der Waals surface area contributed by atoms with Crippen molar-refractivity contribution in [3.05, 3.63) is 0 Å². The Kier molecular flexibility index (Phi) is 12.0. The summed E-state index contributed by atoms with van der Waals surface area (Å²) < 4.78 is 0. The van der Waals surface area contributed by atoms with Crippen LogP contribution in [0, 0.1) is 17.8 Å². The minimum absolute atomic E-state index is 0.237. The van der Waals surface area contributed by atoms with Crippen molar-refractivity contribution in [1.82, 2.24) is 0 Å². The molecule has 0 saturated carbocycles. The van der Waals surface area contributed by atoms with Gasteiger partial charge in [-0.25, -0.2) is 29.4 Å². The van der Waals surface area contributed by atoms with E-state index < -0.39 is 0 Å². The first-order valence-corrected chi connectivity index (χ1v) is 7.30. The van der Waals surface area contributed by atoms with E-state index in [-0.39, 0.29) is 5.92 Å². The maximum Gasteiger partial charge on any atom is 0.234 e. The van der Waals surface area contributed by atoms with Crippen molar-refractivity contribution in [3.8, 4) is 0 Å². The van der Waals surface area contributed by atoms with Crippen LogP contribution in [-0.4, -0.2) is 37.9 Å². The van der Waals surface area contributed by atoms with Gasteiger partial charge in [0.25, 0.3) is 0 Å². The highest BCUT2D eigenvalue weighted by atomic mass is 16.1. The van der Waals surface area contributed by atoms with Gasteiger partial charge in [0.2, 0.25) is 18.2 Å². The van der Waals surface area contributed by atoms with Crippen molar-refractivity contribution in [2.75, 3.05) is 19.6 Å². The smallest absolute Gasteiger partial charge is 0.211 e.